The molecule has 2 aliphatic heterocycles. The van der Waals surface area contributed by atoms with Crippen LogP contribution in [-0.4, -0.2) is 48.0 Å². The van der Waals surface area contributed by atoms with Crippen LogP contribution in [0.4, 0.5) is 26.1 Å². The number of anilines is 3. The monoisotopic (exact) mass is 527 g/mol. The number of hydrogen-bond donors (Lipinski definition) is 1. The van der Waals surface area contributed by atoms with Crippen LogP contribution < -0.4 is 15.1 Å². The molecule has 1 N–H and O–H groups in total. The van der Waals surface area contributed by atoms with E-state index in [1.54, 1.807) is 24.4 Å². The van der Waals surface area contributed by atoms with E-state index in [9.17, 15) is 13.6 Å². The second-order valence-electron chi connectivity index (χ2n) is 9.72. The van der Waals surface area contributed by atoms with E-state index < -0.39 is 5.92 Å². The molecule has 6 nitrogen and oxygen atoms in total. The molecule has 0 radical (unpaired) electrons. The quantitative estimate of drug-likeness (QED) is 0.486. The summed E-state index contributed by atoms with van der Waals surface area (Å²) in [5.74, 6) is -2.62. The van der Waals surface area contributed by atoms with Crippen LogP contribution >= 0.6 is 15.9 Å². The largest absolute Gasteiger partial charge is 0.371 e. The number of carbonyl (C=O) groups is 1. The smallest absolute Gasteiger partial charge is 0.282 e. The Kier molecular flexibility index (Phi) is 5.02. The molecule has 0 atom stereocenters. The number of aromatic nitrogens is 2. The van der Waals surface area contributed by atoms with Gasteiger partial charge in [-0.15, -0.1) is 0 Å². The highest BCUT2D eigenvalue weighted by molar-refractivity contribution is 9.10. The molecule has 1 spiro atoms. The Morgan fingerprint density at radius 2 is 1.79 bits per heavy atom. The molecule has 3 heterocycles. The van der Waals surface area contributed by atoms with Crippen LogP contribution in [0.25, 0.3) is 10.9 Å². The van der Waals surface area contributed by atoms with E-state index in [0.29, 0.717) is 27.6 Å². The summed E-state index contributed by atoms with van der Waals surface area (Å²) in [6.07, 6.45) is 6.60. The summed E-state index contributed by atoms with van der Waals surface area (Å²) in [4.78, 5) is 25.9. The zero-order valence-corrected chi connectivity index (χ0v) is 20.1. The SMILES string of the molecule is O=C(Nc1cccc2nc(N3CC(F)(F)C3)ncc12)c1ccc(Br)cc1N1CCC2(CC1)CC2. The molecule has 2 saturated heterocycles. The molecule has 9 heteroatoms. The number of alkyl halides is 2. The lowest BCUT2D eigenvalue weighted by atomic mass is 9.93. The number of rotatable bonds is 4. The molecule has 2 aromatic carbocycles. The first-order valence-electron chi connectivity index (χ1n) is 11.6. The van der Waals surface area contributed by atoms with Gasteiger partial charge in [0.25, 0.3) is 11.8 Å². The van der Waals surface area contributed by atoms with Crippen LogP contribution in [0.1, 0.15) is 36.0 Å². The van der Waals surface area contributed by atoms with Gasteiger partial charge in [-0.1, -0.05) is 22.0 Å². The molecular formula is C25H24BrF2N5O. The molecular weight excluding hydrogens is 504 g/mol. The van der Waals surface area contributed by atoms with Crippen molar-refractivity contribution in [1.29, 1.82) is 0 Å². The first-order valence-corrected chi connectivity index (χ1v) is 12.3. The van der Waals surface area contributed by atoms with Crippen molar-refractivity contribution in [1.82, 2.24) is 9.97 Å². The lowest BCUT2D eigenvalue weighted by Gasteiger charge is -2.38. The van der Waals surface area contributed by atoms with Gasteiger partial charge in [0.2, 0.25) is 5.95 Å². The molecule has 34 heavy (non-hydrogen) atoms. The van der Waals surface area contributed by atoms with Crippen LogP contribution in [0.3, 0.4) is 0 Å². The van der Waals surface area contributed by atoms with E-state index >= 15 is 0 Å². The number of hydrogen-bond acceptors (Lipinski definition) is 5. The van der Waals surface area contributed by atoms with Crippen molar-refractivity contribution in [2.45, 2.75) is 31.6 Å². The third-order valence-electron chi connectivity index (χ3n) is 7.31. The first kappa shape index (κ1) is 21.7. The Morgan fingerprint density at radius 3 is 2.50 bits per heavy atom. The van der Waals surface area contributed by atoms with Crippen molar-refractivity contribution in [3.05, 3.63) is 52.6 Å². The van der Waals surface area contributed by atoms with Gasteiger partial charge in [0, 0.05) is 29.1 Å². The molecule has 1 saturated carbocycles. The summed E-state index contributed by atoms with van der Waals surface area (Å²) < 4.78 is 27.4. The summed E-state index contributed by atoms with van der Waals surface area (Å²) in [5, 5.41) is 3.69. The molecule has 0 bridgehead atoms. The molecule has 3 aromatic rings. The van der Waals surface area contributed by atoms with E-state index in [2.05, 4.69) is 36.1 Å². The maximum atomic E-state index is 13.4. The maximum absolute atomic E-state index is 13.4. The molecule has 3 aliphatic rings. The van der Waals surface area contributed by atoms with E-state index in [1.807, 2.05) is 18.2 Å². The zero-order valence-electron chi connectivity index (χ0n) is 18.5. The predicted molar refractivity (Wildman–Crippen MR) is 132 cm³/mol. The highest BCUT2D eigenvalue weighted by Gasteiger charge is 2.45. The summed E-state index contributed by atoms with van der Waals surface area (Å²) in [5.41, 5.74) is 3.29. The van der Waals surface area contributed by atoms with Crippen molar-refractivity contribution in [2.24, 2.45) is 5.41 Å². The number of benzene rings is 2. The number of carbonyl (C=O) groups excluding carboxylic acids is 1. The van der Waals surface area contributed by atoms with E-state index in [1.165, 1.54) is 30.6 Å². The molecule has 3 fully saturated rings. The van der Waals surface area contributed by atoms with Gasteiger partial charge in [-0.25, -0.2) is 18.7 Å². The van der Waals surface area contributed by atoms with Gasteiger partial charge in [-0.2, -0.15) is 0 Å². The van der Waals surface area contributed by atoms with Crippen LogP contribution in [0.15, 0.2) is 47.1 Å². The highest BCUT2D eigenvalue weighted by atomic mass is 79.9. The standard InChI is InChI=1S/C25H24BrF2N5O/c26-16-4-5-17(21(12-16)32-10-8-24(6-7-24)9-11-32)22(34)30-19-2-1-3-20-18(19)13-29-23(31-20)33-14-25(27,28)15-33/h1-5,12-13H,6-11,14-15H2,(H,30,34). The second-order valence-corrected chi connectivity index (χ2v) is 10.6. The Hall–Kier alpha value is -2.81. The number of piperidine rings is 1. The third kappa shape index (κ3) is 4.00. The van der Waals surface area contributed by atoms with Crippen molar-refractivity contribution in [3.63, 3.8) is 0 Å². The fourth-order valence-electron chi connectivity index (χ4n) is 5.01. The Balaban J connectivity index is 1.25. The lowest BCUT2D eigenvalue weighted by molar-refractivity contribution is -0.0271. The van der Waals surface area contributed by atoms with Gasteiger partial charge in [0.1, 0.15) is 0 Å². The van der Waals surface area contributed by atoms with Gasteiger partial charge in [0.05, 0.1) is 35.5 Å². The van der Waals surface area contributed by atoms with Crippen LogP contribution in [-0.2, 0) is 0 Å². The fraction of sp³-hybridized carbons (Fsp3) is 0.400. The van der Waals surface area contributed by atoms with Crippen LogP contribution in [0, 0.1) is 5.41 Å². The van der Waals surface area contributed by atoms with Crippen molar-refractivity contribution in [2.75, 3.05) is 41.3 Å². The highest BCUT2D eigenvalue weighted by Crippen LogP contribution is 2.54. The van der Waals surface area contributed by atoms with Crippen LogP contribution in [0.5, 0.6) is 0 Å². The van der Waals surface area contributed by atoms with Gasteiger partial charge >= 0.3 is 0 Å². The molecule has 0 unspecified atom stereocenters. The Morgan fingerprint density at radius 1 is 1.03 bits per heavy atom. The number of nitrogens with zero attached hydrogens (tertiary/aromatic N) is 4. The second kappa shape index (κ2) is 7.86. The normalized spacial score (nSPS) is 20.3. The summed E-state index contributed by atoms with van der Waals surface area (Å²) in [6.45, 7) is 1.16. The van der Waals surface area contributed by atoms with E-state index in [4.69, 9.17) is 0 Å². The number of fused-ring (bicyclic) bond motifs is 1. The molecule has 1 amide bonds. The molecule has 6 rings (SSSR count). The summed E-state index contributed by atoms with van der Waals surface area (Å²) in [7, 11) is 0. The van der Waals surface area contributed by atoms with E-state index in [-0.39, 0.29) is 24.9 Å². The van der Waals surface area contributed by atoms with Crippen molar-refractivity contribution >= 4 is 50.1 Å². The Labute approximate surface area is 204 Å². The molecule has 1 aliphatic carbocycles. The average Bonchev–Trinajstić information content (AvgIpc) is 3.56. The number of amides is 1. The molecule has 1 aromatic heterocycles. The third-order valence-corrected chi connectivity index (χ3v) is 7.81. The maximum Gasteiger partial charge on any atom is 0.282 e. The minimum Gasteiger partial charge on any atom is -0.371 e. The fourth-order valence-corrected chi connectivity index (χ4v) is 5.36. The lowest BCUT2D eigenvalue weighted by Crippen LogP contribution is -2.57. The van der Waals surface area contributed by atoms with Crippen molar-refractivity contribution in [3.8, 4) is 0 Å². The average molecular weight is 528 g/mol. The van der Waals surface area contributed by atoms with Gasteiger partial charge < -0.3 is 15.1 Å². The molecule has 176 valence electrons. The summed E-state index contributed by atoms with van der Waals surface area (Å²) in [6, 6.07) is 11.1. The van der Waals surface area contributed by atoms with Gasteiger partial charge in [0.15, 0.2) is 0 Å². The Bertz CT molecular complexity index is 1280. The number of nitrogens with one attached hydrogen (secondary N) is 1. The van der Waals surface area contributed by atoms with E-state index in [0.717, 1.165) is 23.2 Å². The summed E-state index contributed by atoms with van der Waals surface area (Å²) >= 11 is 3.56. The van der Waals surface area contributed by atoms with Gasteiger partial charge in [-0.3, -0.25) is 4.79 Å². The number of halogens is 3. The van der Waals surface area contributed by atoms with Crippen molar-refractivity contribution < 1.29 is 13.6 Å². The predicted octanol–water partition coefficient (Wildman–Crippen LogP) is 5.48. The van der Waals surface area contributed by atoms with Gasteiger partial charge in [-0.05, 0) is 61.4 Å². The van der Waals surface area contributed by atoms with Crippen LogP contribution in [0.2, 0.25) is 0 Å². The first-order chi connectivity index (χ1) is 16.3. The minimum atomic E-state index is -2.69. The zero-order chi connectivity index (χ0) is 23.5. The minimum absolute atomic E-state index is 0.201. The topological polar surface area (TPSA) is 61.4 Å².